The van der Waals surface area contributed by atoms with E-state index in [1.165, 1.54) is 5.56 Å². The van der Waals surface area contributed by atoms with E-state index in [4.69, 9.17) is 21.7 Å². The molecule has 3 aromatic heterocycles. The van der Waals surface area contributed by atoms with Gasteiger partial charge in [-0.15, -0.1) is 5.10 Å². The van der Waals surface area contributed by atoms with Gasteiger partial charge in [-0.1, -0.05) is 35.1 Å². The van der Waals surface area contributed by atoms with E-state index in [-0.39, 0.29) is 0 Å². The maximum atomic E-state index is 5.98. The van der Waals surface area contributed by atoms with Crippen molar-refractivity contribution in [2.45, 2.75) is 13.0 Å². The number of nitrogens with zero attached hydrogens (tertiary/aromatic N) is 7. The van der Waals surface area contributed by atoms with Gasteiger partial charge in [0, 0.05) is 62.1 Å². The Morgan fingerprint density at radius 1 is 1.07 bits per heavy atom. The predicted octanol–water partition coefficient (Wildman–Crippen LogP) is 3.56. The lowest BCUT2D eigenvalue weighted by Gasteiger charge is -2.20. The zero-order valence-electron chi connectivity index (χ0n) is 16.2. The Labute approximate surface area is 178 Å². The SMILES string of the molecule is Cn1cc(CN2CCCN(c3nn4cc(-c5ccc(Cl)cc5)nc4s3)CC2)cn1. The molecule has 0 amide bonds. The summed E-state index contributed by atoms with van der Waals surface area (Å²) in [7, 11) is 1.96. The number of aromatic nitrogens is 5. The van der Waals surface area contributed by atoms with Crippen molar-refractivity contribution < 1.29 is 0 Å². The molecule has 0 bridgehead atoms. The molecule has 150 valence electrons. The van der Waals surface area contributed by atoms with Crippen molar-refractivity contribution in [2.75, 3.05) is 31.1 Å². The summed E-state index contributed by atoms with van der Waals surface area (Å²) in [5.74, 6) is 0. The number of benzene rings is 1. The van der Waals surface area contributed by atoms with Crippen LogP contribution in [0.1, 0.15) is 12.0 Å². The van der Waals surface area contributed by atoms with E-state index in [9.17, 15) is 0 Å². The number of imidazole rings is 1. The third-order valence-corrected chi connectivity index (χ3v) is 6.43. The molecule has 0 atom stereocenters. The predicted molar refractivity (Wildman–Crippen MR) is 117 cm³/mol. The molecular formula is C20H22ClN7S. The Kier molecular flexibility index (Phi) is 4.99. The van der Waals surface area contributed by atoms with Crippen LogP contribution in [0.4, 0.5) is 5.13 Å². The third-order valence-electron chi connectivity index (χ3n) is 5.20. The molecular weight excluding hydrogens is 406 g/mol. The summed E-state index contributed by atoms with van der Waals surface area (Å²) >= 11 is 7.63. The molecule has 9 heteroatoms. The highest BCUT2D eigenvalue weighted by molar-refractivity contribution is 7.20. The van der Waals surface area contributed by atoms with Crippen LogP contribution in [0.25, 0.3) is 16.2 Å². The van der Waals surface area contributed by atoms with Crippen molar-refractivity contribution in [3.8, 4) is 11.3 Å². The molecule has 0 aliphatic carbocycles. The highest BCUT2D eigenvalue weighted by Crippen LogP contribution is 2.28. The zero-order chi connectivity index (χ0) is 19.8. The summed E-state index contributed by atoms with van der Waals surface area (Å²) in [5, 5.41) is 10.8. The van der Waals surface area contributed by atoms with Crippen molar-refractivity contribution in [2.24, 2.45) is 7.05 Å². The molecule has 1 aliphatic rings. The van der Waals surface area contributed by atoms with Gasteiger partial charge in [0.25, 0.3) is 0 Å². The fourth-order valence-electron chi connectivity index (χ4n) is 3.71. The van der Waals surface area contributed by atoms with E-state index in [1.54, 1.807) is 11.3 Å². The lowest BCUT2D eigenvalue weighted by molar-refractivity contribution is 0.285. The first-order valence-electron chi connectivity index (χ1n) is 9.71. The molecule has 1 saturated heterocycles. The van der Waals surface area contributed by atoms with Crippen molar-refractivity contribution in [3.05, 3.63) is 53.4 Å². The van der Waals surface area contributed by atoms with Gasteiger partial charge >= 0.3 is 0 Å². The molecule has 4 heterocycles. The van der Waals surface area contributed by atoms with Gasteiger partial charge in [-0.2, -0.15) is 5.10 Å². The molecule has 29 heavy (non-hydrogen) atoms. The average molecular weight is 428 g/mol. The Bertz CT molecular complexity index is 1080. The molecule has 5 rings (SSSR count). The molecule has 0 saturated carbocycles. The van der Waals surface area contributed by atoms with E-state index in [2.05, 4.69) is 21.1 Å². The van der Waals surface area contributed by atoms with Crippen LogP contribution >= 0.6 is 22.9 Å². The number of aryl methyl sites for hydroxylation is 1. The zero-order valence-corrected chi connectivity index (χ0v) is 17.8. The third kappa shape index (κ3) is 4.01. The molecule has 0 radical (unpaired) electrons. The van der Waals surface area contributed by atoms with E-state index in [1.807, 2.05) is 52.9 Å². The largest absolute Gasteiger partial charge is 0.345 e. The number of halogens is 1. The quantitative estimate of drug-likeness (QED) is 0.498. The fourth-order valence-corrected chi connectivity index (χ4v) is 4.77. The van der Waals surface area contributed by atoms with Gasteiger partial charge in [0.1, 0.15) is 0 Å². The van der Waals surface area contributed by atoms with Gasteiger partial charge < -0.3 is 4.90 Å². The average Bonchev–Trinajstić information content (AvgIpc) is 3.34. The minimum Gasteiger partial charge on any atom is -0.345 e. The number of rotatable bonds is 4. The summed E-state index contributed by atoms with van der Waals surface area (Å²) < 4.78 is 3.76. The van der Waals surface area contributed by atoms with Crippen LogP contribution in [0.15, 0.2) is 42.9 Å². The highest BCUT2D eigenvalue weighted by Gasteiger charge is 2.19. The Morgan fingerprint density at radius 2 is 1.93 bits per heavy atom. The van der Waals surface area contributed by atoms with Crippen molar-refractivity contribution in [1.82, 2.24) is 29.3 Å². The summed E-state index contributed by atoms with van der Waals surface area (Å²) in [6.45, 7) is 5.06. The Hall–Kier alpha value is -2.42. The van der Waals surface area contributed by atoms with Crippen LogP contribution < -0.4 is 4.90 Å². The smallest absolute Gasteiger partial charge is 0.214 e. The van der Waals surface area contributed by atoms with Gasteiger partial charge in [0.15, 0.2) is 0 Å². The number of hydrogen-bond donors (Lipinski definition) is 0. The minimum absolute atomic E-state index is 0.730. The van der Waals surface area contributed by atoms with Gasteiger partial charge in [-0.3, -0.25) is 9.58 Å². The molecule has 0 N–H and O–H groups in total. The Morgan fingerprint density at radius 3 is 2.69 bits per heavy atom. The highest BCUT2D eigenvalue weighted by atomic mass is 35.5. The van der Waals surface area contributed by atoms with Crippen molar-refractivity contribution >= 4 is 33.0 Å². The second-order valence-electron chi connectivity index (χ2n) is 7.38. The lowest BCUT2D eigenvalue weighted by Crippen LogP contribution is -2.30. The maximum absolute atomic E-state index is 5.98. The topological polar surface area (TPSA) is 54.5 Å². The summed E-state index contributed by atoms with van der Waals surface area (Å²) in [5.41, 5.74) is 3.24. The first-order chi connectivity index (χ1) is 14.1. The van der Waals surface area contributed by atoms with Crippen LogP contribution in [-0.2, 0) is 13.6 Å². The molecule has 1 aromatic carbocycles. The van der Waals surface area contributed by atoms with Crippen LogP contribution in [0.5, 0.6) is 0 Å². The van der Waals surface area contributed by atoms with Crippen LogP contribution in [0.3, 0.4) is 0 Å². The van der Waals surface area contributed by atoms with Crippen molar-refractivity contribution in [1.29, 1.82) is 0 Å². The molecule has 4 aromatic rings. The fraction of sp³-hybridized carbons (Fsp3) is 0.350. The standard InChI is InChI=1S/C20H22ClN7S/c1-25-12-15(11-22-25)13-26-7-2-8-27(10-9-26)20-24-28-14-18(23-19(28)29-20)16-3-5-17(21)6-4-16/h3-6,11-12,14H,2,7-10,13H2,1H3. The number of fused-ring (bicyclic) bond motifs is 1. The summed E-state index contributed by atoms with van der Waals surface area (Å²) in [6.07, 6.45) is 7.16. The van der Waals surface area contributed by atoms with E-state index >= 15 is 0 Å². The first-order valence-corrected chi connectivity index (χ1v) is 10.9. The second-order valence-corrected chi connectivity index (χ2v) is 8.75. The molecule has 1 aliphatic heterocycles. The Balaban J connectivity index is 1.28. The van der Waals surface area contributed by atoms with E-state index < -0.39 is 0 Å². The van der Waals surface area contributed by atoms with Crippen LogP contribution in [-0.4, -0.2) is 55.5 Å². The van der Waals surface area contributed by atoms with Gasteiger partial charge in [0.2, 0.25) is 10.1 Å². The first kappa shape index (κ1) is 18.6. The maximum Gasteiger partial charge on any atom is 0.214 e. The molecule has 1 fully saturated rings. The second kappa shape index (κ2) is 7.78. The summed E-state index contributed by atoms with van der Waals surface area (Å²) in [6, 6.07) is 7.75. The van der Waals surface area contributed by atoms with Crippen LogP contribution in [0.2, 0.25) is 5.02 Å². The van der Waals surface area contributed by atoms with Crippen LogP contribution in [0, 0.1) is 0 Å². The monoisotopic (exact) mass is 427 g/mol. The van der Waals surface area contributed by atoms with Gasteiger partial charge in [-0.25, -0.2) is 9.50 Å². The lowest BCUT2D eigenvalue weighted by atomic mass is 10.2. The molecule has 7 nitrogen and oxygen atoms in total. The normalized spacial score (nSPS) is 15.9. The van der Waals surface area contributed by atoms with Gasteiger partial charge in [-0.05, 0) is 18.6 Å². The summed E-state index contributed by atoms with van der Waals surface area (Å²) in [4.78, 5) is 10.5. The minimum atomic E-state index is 0.730. The van der Waals surface area contributed by atoms with Gasteiger partial charge in [0.05, 0.1) is 18.1 Å². The molecule has 0 spiro atoms. The number of anilines is 1. The van der Waals surface area contributed by atoms with Crippen molar-refractivity contribution in [3.63, 3.8) is 0 Å². The number of hydrogen-bond acceptors (Lipinski definition) is 6. The molecule has 0 unspecified atom stereocenters. The van der Waals surface area contributed by atoms with E-state index in [0.29, 0.717) is 0 Å². The van der Waals surface area contributed by atoms with E-state index in [0.717, 1.165) is 65.5 Å².